The summed E-state index contributed by atoms with van der Waals surface area (Å²) >= 11 is 3.27. The minimum Gasteiger partial charge on any atom is -0.393 e. The van der Waals surface area contributed by atoms with Gasteiger partial charge in [-0.2, -0.15) is 4.40 Å². The van der Waals surface area contributed by atoms with E-state index in [9.17, 15) is 4.39 Å². The monoisotopic (exact) mass is 324 g/mol. The van der Waals surface area contributed by atoms with Gasteiger partial charge in [0.2, 0.25) is 0 Å². The highest BCUT2D eigenvalue weighted by atomic mass is 32.2. The molecule has 2 heterocycles. The molecule has 20 heavy (non-hydrogen) atoms. The Morgan fingerprint density at radius 2 is 2.15 bits per heavy atom. The van der Waals surface area contributed by atoms with Crippen molar-refractivity contribution in [3.8, 4) is 0 Å². The van der Waals surface area contributed by atoms with Gasteiger partial charge in [0.1, 0.15) is 6.17 Å². The fraction of sp³-hybridized carbons (Fsp3) is 0.923. The second-order valence-corrected chi connectivity index (χ2v) is 6.19. The first kappa shape index (κ1) is 18.1. The maximum atomic E-state index is 12.5. The predicted molar refractivity (Wildman–Crippen MR) is 86.2 cm³/mol. The van der Waals surface area contributed by atoms with Gasteiger partial charge < -0.3 is 14.7 Å². The minimum absolute atomic E-state index is 0.364. The molecular formula is C13H25FN2O2S2. The van der Waals surface area contributed by atoms with Gasteiger partial charge in [-0.25, -0.2) is 4.39 Å². The number of hydrogen-bond acceptors (Lipinski definition) is 5. The minimum atomic E-state index is -0.963. The first-order valence-electron chi connectivity index (χ1n) is 6.92. The lowest BCUT2D eigenvalue weighted by atomic mass is 10.0. The van der Waals surface area contributed by atoms with Gasteiger partial charge in [0, 0.05) is 32.4 Å². The Kier molecular flexibility index (Phi) is 8.91. The first-order valence-corrected chi connectivity index (χ1v) is 9.33. The van der Waals surface area contributed by atoms with Crippen LogP contribution in [0.2, 0.25) is 0 Å². The Hall–Kier alpha value is 0.0200. The maximum absolute atomic E-state index is 12.5. The Labute approximate surface area is 129 Å². The highest BCUT2D eigenvalue weighted by Crippen LogP contribution is 2.18. The molecule has 4 nitrogen and oxygen atoms in total. The SMILES string of the molecule is CC(F)C1CC(O)CCO1.CS/N=C(\SC)N1CCC1. The summed E-state index contributed by atoms with van der Waals surface area (Å²) in [4.78, 5) is 2.31. The maximum Gasteiger partial charge on any atom is 0.171 e. The lowest BCUT2D eigenvalue weighted by molar-refractivity contribution is -0.0721. The third-order valence-electron chi connectivity index (χ3n) is 3.28. The van der Waals surface area contributed by atoms with Crippen molar-refractivity contribution in [2.24, 2.45) is 4.40 Å². The molecule has 0 bridgehead atoms. The number of aliphatic hydroxyl groups is 1. The number of amidine groups is 1. The van der Waals surface area contributed by atoms with Crippen molar-refractivity contribution in [3.05, 3.63) is 0 Å². The molecule has 0 aliphatic carbocycles. The zero-order chi connectivity index (χ0) is 15.0. The number of ether oxygens (including phenoxy) is 1. The standard InChI is InChI=1S/C7H13FO2.C6H12N2S2/c1-5(8)7-4-6(9)2-3-10-7;1-9-6(7-10-2)8-4-3-5-8/h5-7,9H,2-4H2,1H3;3-5H2,1-2H3/b;7-6-. The molecule has 118 valence electrons. The van der Waals surface area contributed by atoms with Crippen LogP contribution in [0.15, 0.2) is 4.40 Å². The van der Waals surface area contributed by atoms with Gasteiger partial charge in [0.15, 0.2) is 5.17 Å². The summed E-state index contributed by atoms with van der Waals surface area (Å²) < 4.78 is 21.9. The Balaban J connectivity index is 0.000000200. The van der Waals surface area contributed by atoms with Crippen LogP contribution in [0.1, 0.15) is 26.2 Å². The lowest BCUT2D eigenvalue weighted by Crippen LogP contribution is -2.40. The van der Waals surface area contributed by atoms with Gasteiger partial charge in [0.25, 0.3) is 0 Å². The third kappa shape index (κ3) is 6.20. The van der Waals surface area contributed by atoms with Gasteiger partial charge in [-0.3, -0.25) is 0 Å². The molecule has 2 aliphatic heterocycles. The second kappa shape index (κ2) is 9.87. The summed E-state index contributed by atoms with van der Waals surface area (Å²) in [6, 6.07) is 0. The Morgan fingerprint density at radius 1 is 1.45 bits per heavy atom. The topological polar surface area (TPSA) is 45.1 Å². The molecule has 0 aromatic carbocycles. The van der Waals surface area contributed by atoms with E-state index >= 15 is 0 Å². The van der Waals surface area contributed by atoms with Crippen LogP contribution < -0.4 is 0 Å². The number of aliphatic hydroxyl groups excluding tert-OH is 1. The van der Waals surface area contributed by atoms with E-state index in [0.717, 1.165) is 0 Å². The molecule has 3 unspecified atom stereocenters. The number of nitrogens with zero attached hydrogens (tertiary/aromatic N) is 2. The molecular weight excluding hydrogens is 299 g/mol. The molecule has 2 fully saturated rings. The molecule has 0 amide bonds. The van der Waals surface area contributed by atoms with E-state index in [0.29, 0.717) is 19.4 Å². The van der Waals surface area contributed by atoms with Crippen molar-refractivity contribution in [1.29, 1.82) is 0 Å². The fourth-order valence-corrected chi connectivity index (χ4v) is 3.17. The number of hydrogen-bond donors (Lipinski definition) is 1. The van der Waals surface area contributed by atoms with Gasteiger partial charge in [-0.1, -0.05) is 11.8 Å². The molecule has 7 heteroatoms. The van der Waals surface area contributed by atoms with Crippen LogP contribution in [0.5, 0.6) is 0 Å². The smallest absolute Gasteiger partial charge is 0.171 e. The van der Waals surface area contributed by atoms with Crippen LogP contribution in [-0.4, -0.2) is 65.8 Å². The van der Waals surface area contributed by atoms with Crippen molar-refractivity contribution in [1.82, 2.24) is 4.90 Å². The van der Waals surface area contributed by atoms with Gasteiger partial charge in [-0.15, -0.1) is 0 Å². The van der Waals surface area contributed by atoms with E-state index in [1.165, 1.54) is 43.5 Å². The number of likely N-dealkylation sites (tertiary alicyclic amines) is 1. The lowest BCUT2D eigenvalue weighted by Gasteiger charge is -2.32. The van der Waals surface area contributed by atoms with Crippen molar-refractivity contribution < 1.29 is 14.2 Å². The van der Waals surface area contributed by atoms with E-state index in [2.05, 4.69) is 15.6 Å². The molecule has 0 spiro atoms. The van der Waals surface area contributed by atoms with E-state index in [-0.39, 0.29) is 12.2 Å². The molecule has 2 saturated heterocycles. The largest absolute Gasteiger partial charge is 0.393 e. The fourth-order valence-electron chi connectivity index (χ4n) is 1.94. The average Bonchev–Trinajstić information content (AvgIpc) is 2.37. The van der Waals surface area contributed by atoms with Crippen molar-refractivity contribution in [2.75, 3.05) is 32.2 Å². The first-order chi connectivity index (χ1) is 9.58. The van der Waals surface area contributed by atoms with Crippen LogP contribution in [-0.2, 0) is 4.74 Å². The summed E-state index contributed by atoms with van der Waals surface area (Å²) in [6.07, 6.45) is 4.77. The molecule has 3 atom stereocenters. The van der Waals surface area contributed by atoms with Crippen LogP contribution >= 0.6 is 23.7 Å². The molecule has 2 aliphatic rings. The van der Waals surface area contributed by atoms with E-state index in [1.54, 1.807) is 11.8 Å². The zero-order valence-electron chi connectivity index (χ0n) is 12.4. The highest BCUT2D eigenvalue weighted by molar-refractivity contribution is 8.14. The normalized spacial score (nSPS) is 28.2. The summed E-state index contributed by atoms with van der Waals surface area (Å²) in [6.45, 7) is 4.34. The zero-order valence-corrected chi connectivity index (χ0v) is 14.1. The molecule has 0 radical (unpaired) electrons. The number of halogens is 1. The number of thioether (sulfide) groups is 1. The quantitative estimate of drug-likeness (QED) is 0.480. The highest BCUT2D eigenvalue weighted by Gasteiger charge is 2.25. The Morgan fingerprint density at radius 3 is 2.50 bits per heavy atom. The number of rotatable bonds is 2. The second-order valence-electron chi connectivity index (χ2n) is 4.87. The summed E-state index contributed by atoms with van der Waals surface area (Å²) in [5.41, 5.74) is 0. The van der Waals surface area contributed by atoms with Crippen LogP contribution in [0.4, 0.5) is 4.39 Å². The number of alkyl halides is 1. The molecule has 1 N–H and O–H groups in total. The van der Waals surface area contributed by atoms with Gasteiger partial charge >= 0.3 is 0 Å². The van der Waals surface area contributed by atoms with Crippen molar-refractivity contribution in [3.63, 3.8) is 0 Å². The van der Waals surface area contributed by atoms with Gasteiger partial charge in [-0.05, 0) is 38.0 Å². The average molecular weight is 324 g/mol. The Bertz CT molecular complexity index is 302. The molecule has 2 rings (SSSR count). The molecule has 0 saturated carbocycles. The van der Waals surface area contributed by atoms with E-state index in [1.807, 2.05) is 6.26 Å². The summed E-state index contributed by atoms with van der Waals surface area (Å²) in [5, 5.41) is 10.3. The summed E-state index contributed by atoms with van der Waals surface area (Å²) in [7, 11) is 0. The molecule has 0 aromatic heterocycles. The van der Waals surface area contributed by atoms with Crippen molar-refractivity contribution >= 4 is 28.9 Å². The molecule has 0 aromatic rings. The summed E-state index contributed by atoms with van der Waals surface area (Å²) in [5.74, 6) is 0. The van der Waals surface area contributed by atoms with E-state index < -0.39 is 6.17 Å². The predicted octanol–water partition coefficient (Wildman–Crippen LogP) is 2.57. The van der Waals surface area contributed by atoms with Crippen LogP contribution in [0.25, 0.3) is 0 Å². The van der Waals surface area contributed by atoms with Crippen molar-refractivity contribution in [2.45, 2.75) is 44.6 Å². The van der Waals surface area contributed by atoms with Gasteiger partial charge in [0.05, 0.1) is 12.2 Å². The van der Waals surface area contributed by atoms with E-state index in [4.69, 9.17) is 9.84 Å². The third-order valence-corrected chi connectivity index (χ3v) is 4.46. The van der Waals surface area contributed by atoms with Crippen LogP contribution in [0, 0.1) is 0 Å². The van der Waals surface area contributed by atoms with Crippen LogP contribution in [0.3, 0.4) is 0 Å².